The van der Waals surface area contributed by atoms with Gasteiger partial charge in [0.1, 0.15) is 0 Å². The minimum absolute atomic E-state index is 0.862. The van der Waals surface area contributed by atoms with Crippen LogP contribution in [0.2, 0.25) is 0 Å². The lowest BCUT2D eigenvalue weighted by Crippen LogP contribution is -2.30. The van der Waals surface area contributed by atoms with Crippen LogP contribution in [0, 0.1) is 0 Å². The summed E-state index contributed by atoms with van der Waals surface area (Å²) in [6.07, 6.45) is 0. The van der Waals surface area contributed by atoms with Crippen LogP contribution in [0.1, 0.15) is 0 Å². The van der Waals surface area contributed by atoms with Crippen molar-refractivity contribution in [1.82, 2.24) is 4.31 Å². The maximum atomic E-state index is 5.16. The molecule has 0 aliphatic carbocycles. The summed E-state index contributed by atoms with van der Waals surface area (Å²) in [4.78, 5) is 0. The fourth-order valence-corrected chi connectivity index (χ4v) is 1.33. The molecular formula is C6H11NOS. The van der Waals surface area contributed by atoms with E-state index in [9.17, 15) is 0 Å². The van der Waals surface area contributed by atoms with E-state index in [1.165, 1.54) is 0 Å². The van der Waals surface area contributed by atoms with Crippen molar-refractivity contribution in [2.75, 3.05) is 26.3 Å². The van der Waals surface area contributed by atoms with E-state index >= 15 is 0 Å². The van der Waals surface area contributed by atoms with Gasteiger partial charge >= 0.3 is 0 Å². The number of rotatable bonds is 2. The highest BCUT2D eigenvalue weighted by molar-refractivity contribution is 7.99. The molecule has 2 nitrogen and oxygen atoms in total. The summed E-state index contributed by atoms with van der Waals surface area (Å²) in [7, 11) is 0. The average molecular weight is 145 g/mol. The Morgan fingerprint density at radius 3 is 2.67 bits per heavy atom. The predicted molar refractivity (Wildman–Crippen MR) is 40.2 cm³/mol. The summed E-state index contributed by atoms with van der Waals surface area (Å²) in [6, 6.07) is 0. The zero-order chi connectivity index (χ0) is 6.53. The van der Waals surface area contributed by atoms with E-state index in [2.05, 4.69) is 10.9 Å². The SMILES string of the molecule is C=CSN1CCOCC1. The van der Waals surface area contributed by atoms with E-state index in [4.69, 9.17) is 4.74 Å². The zero-order valence-corrected chi connectivity index (χ0v) is 6.19. The molecule has 0 aromatic heterocycles. The van der Waals surface area contributed by atoms with E-state index < -0.39 is 0 Å². The van der Waals surface area contributed by atoms with Crippen LogP contribution in [0.5, 0.6) is 0 Å². The van der Waals surface area contributed by atoms with Crippen molar-refractivity contribution in [2.24, 2.45) is 0 Å². The third-order valence-corrected chi connectivity index (χ3v) is 2.01. The van der Waals surface area contributed by atoms with Crippen LogP contribution in [-0.4, -0.2) is 30.6 Å². The Balaban J connectivity index is 2.15. The van der Waals surface area contributed by atoms with E-state index in [-0.39, 0.29) is 0 Å². The van der Waals surface area contributed by atoms with Crippen molar-refractivity contribution in [3.8, 4) is 0 Å². The van der Waals surface area contributed by atoms with Crippen LogP contribution in [0.25, 0.3) is 0 Å². The fourth-order valence-electron chi connectivity index (χ4n) is 0.757. The second kappa shape index (κ2) is 3.93. The van der Waals surface area contributed by atoms with Gasteiger partial charge in [0.15, 0.2) is 0 Å². The molecule has 0 N–H and O–H groups in total. The molecule has 0 aromatic carbocycles. The lowest BCUT2D eigenvalue weighted by molar-refractivity contribution is 0.0776. The number of hydrogen-bond donors (Lipinski definition) is 0. The van der Waals surface area contributed by atoms with Gasteiger partial charge in [-0.3, -0.25) is 0 Å². The Labute approximate surface area is 60.0 Å². The van der Waals surface area contributed by atoms with Crippen LogP contribution >= 0.6 is 11.9 Å². The van der Waals surface area contributed by atoms with Crippen molar-refractivity contribution >= 4 is 11.9 Å². The summed E-state index contributed by atoms with van der Waals surface area (Å²) in [5, 5.41) is 1.85. The van der Waals surface area contributed by atoms with Crippen LogP contribution < -0.4 is 0 Å². The molecule has 1 fully saturated rings. The predicted octanol–water partition coefficient (Wildman–Crippen LogP) is 1.11. The lowest BCUT2D eigenvalue weighted by atomic mass is 10.5. The van der Waals surface area contributed by atoms with Gasteiger partial charge in [-0.05, 0) is 5.41 Å². The normalized spacial score (nSPS) is 21.8. The Morgan fingerprint density at radius 2 is 2.11 bits per heavy atom. The Bertz CT molecular complexity index is 91.1. The summed E-state index contributed by atoms with van der Waals surface area (Å²) in [5.41, 5.74) is 0. The molecule has 0 amide bonds. The minimum Gasteiger partial charge on any atom is -0.379 e. The molecule has 0 aromatic rings. The highest BCUT2D eigenvalue weighted by Crippen LogP contribution is 2.11. The molecule has 0 radical (unpaired) electrons. The second-order valence-electron chi connectivity index (χ2n) is 1.81. The highest BCUT2D eigenvalue weighted by atomic mass is 32.2. The number of hydrogen-bond acceptors (Lipinski definition) is 3. The van der Waals surface area contributed by atoms with Gasteiger partial charge in [-0.1, -0.05) is 18.5 Å². The largest absolute Gasteiger partial charge is 0.379 e. The standard InChI is InChI=1S/C6H11NOS/c1-2-9-7-3-5-8-6-4-7/h2H,1,3-6H2. The van der Waals surface area contributed by atoms with E-state index in [0.29, 0.717) is 0 Å². The van der Waals surface area contributed by atoms with Crippen molar-refractivity contribution < 1.29 is 4.74 Å². The summed E-state index contributed by atoms with van der Waals surface area (Å²) in [6.45, 7) is 7.41. The third-order valence-electron chi connectivity index (χ3n) is 1.19. The molecule has 1 heterocycles. The molecule has 0 unspecified atom stereocenters. The number of nitrogens with zero attached hydrogens (tertiary/aromatic N) is 1. The first-order chi connectivity index (χ1) is 4.43. The molecular weight excluding hydrogens is 134 g/mol. The monoisotopic (exact) mass is 145 g/mol. The molecule has 0 saturated carbocycles. The smallest absolute Gasteiger partial charge is 0.0603 e. The van der Waals surface area contributed by atoms with Crippen LogP contribution in [0.15, 0.2) is 12.0 Å². The molecule has 1 rings (SSSR count). The summed E-state index contributed by atoms with van der Waals surface area (Å²) >= 11 is 1.67. The fraction of sp³-hybridized carbons (Fsp3) is 0.667. The van der Waals surface area contributed by atoms with Crippen molar-refractivity contribution in [3.05, 3.63) is 12.0 Å². The van der Waals surface area contributed by atoms with Gasteiger partial charge in [0, 0.05) is 13.1 Å². The van der Waals surface area contributed by atoms with Gasteiger partial charge in [-0.2, -0.15) is 0 Å². The Morgan fingerprint density at radius 1 is 1.44 bits per heavy atom. The van der Waals surface area contributed by atoms with E-state index in [0.717, 1.165) is 26.3 Å². The summed E-state index contributed by atoms with van der Waals surface area (Å²) < 4.78 is 7.40. The quantitative estimate of drug-likeness (QED) is 0.540. The lowest BCUT2D eigenvalue weighted by Gasteiger charge is -2.23. The van der Waals surface area contributed by atoms with Crippen LogP contribution in [0.4, 0.5) is 0 Å². The van der Waals surface area contributed by atoms with Gasteiger partial charge in [-0.25, -0.2) is 4.31 Å². The number of morpholine rings is 1. The first-order valence-corrected chi connectivity index (χ1v) is 3.87. The first kappa shape index (κ1) is 7.12. The maximum Gasteiger partial charge on any atom is 0.0603 e. The number of ether oxygens (including phenoxy) is 1. The van der Waals surface area contributed by atoms with Gasteiger partial charge in [0.05, 0.1) is 13.2 Å². The van der Waals surface area contributed by atoms with Gasteiger partial charge in [-0.15, -0.1) is 0 Å². The zero-order valence-electron chi connectivity index (χ0n) is 5.38. The van der Waals surface area contributed by atoms with Gasteiger partial charge in [0.2, 0.25) is 0 Å². The van der Waals surface area contributed by atoms with Crippen molar-refractivity contribution in [2.45, 2.75) is 0 Å². The van der Waals surface area contributed by atoms with Crippen molar-refractivity contribution in [3.63, 3.8) is 0 Å². The summed E-state index contributed by atoms with van der Waals surface area (Å²) in [5.74, 6) is 0. The van der Waals surface area contributed by atoms with Gasteiger partial charge < -0.3 is 4.74 Å². The highest BCUT2D eigenvalue weighted by Gasteiger charge is 2.07. The second-order valence-corrected chi connectivity index (χ2v) is 2.87. The average Bonchev–Trinajstić information content (AvgIpc) is 1.91. The molecule has 0 spiro atoms. The molecule has 1 saturated heterocycles. The molecule has 1 aliphatic rings. The molecule has 9 heavy (non-hydrogen) atoms. The molecule has 0 atom stereocenters. The maximum absolute atomic E-state index is 5.16. The topological polar surface area (TPSA) is 12.5 Å². The molecule has 52 valence electrons. The molecule has 3 heteroatoms. The van der Waals surface area contributed by atoms with E-state index in [1.54, 1.807) is 11.9 Å². The van der Waals surface area contributed by atoms with Gasteiger partial charge in [0.25, 0.3) is 0 Å². The Hall–Kier alpha value is 0.01000. The van der Waals surface area contributed by atoms with E-state index in [1.807, 2.05) is 5.41 Å². The van der Waals surface area contributed by atoms with Crippen LogP contribution in [-0.2, 0) is 4.74 Å². The first-order valence-electron chi connectivity index (χ1n) is 3.04. The molecule has 0 bridgehead atoms. The minimum atomic E-state index is 0.862. The van der Waals surface area contributed by atoms with Crippen LogP contribution in [0.3, 0.4) is 0 Å². The third kappa shape index (κ3) is 2.39. The Kier molecular flexibility index (Phi) is 3.11. The van der Waals surface area contributed by atoms with Crippen molar-refractivity contribution in [1.29, 1.82) is 0 Å². The molecule has 1 aliphatic heterocycles.